The van der Waals surface area contributed by atoms with Crippen LogP contribution in [-0.2, 0) is 17.3 Å². The molecule has 0 radical (unpaired) electrons. The van der Waals surface area contributed by atoms with Gasteiger partial charge in [0.15, 0.2) is 0 Å². The lowest BCUT2D eigenvalue weighted by molar-refractivity contribution is -0.140. The minimum absolute atomic E-state index is 0.0349. The summed E-state index contributed by atoms with van der Waals surface area (Å²) < 4.78 is 54.6. The zero-order valence-electron chi connectivity index (χ0n) is 10.8. The molecule has 120 valence electrons. The molecule has 1 aromatic rings. The van der Waals surface area contributed by atoms with Gasteiger partial charge in [-0.3, -0.25) is 0 Å². The van der Waals surface area contributed by atoms with Crippen molar-refractivity contribution in [2.45, 2.75) is 24.8 Å². The summed E-state index contributed by atoms with van der Waals surface area (Å²) in [6, 6.07) is 2.62. The lowest BCUT2D eigenvalue weighted by Crippen LogP contribution is -2.14. The number of aliphatic hydroxyl groups excluding tert-OH is 1. The molecule has 1 saturated heterocycles. The van der Waals surface area contributed by atoms with Gasteiger partial charge >= 0.3 is 6.18 Å². The molecule has 0 aromatic heterocycles. The van der Waals surface area contributed by atoms with E-state index >= 15 is 0 Å². The van der Waals surface area contributed by atoms with Crippen LogP contribution in [0.1, 0.15) is 11.1 Å². The predicted molar refractivity (Wildman–Crippen MR) is 72.3 cm³/mol. The first-order chi connectivity index (χ1) is 9.77. The van der Waals surface area contributed by atoms with Gasteiger partial charge in [-0.1, -0.05) is 6.07 Å². The van der Waals surface area contributed by atoms with Gasteiger partial charge in [-0.15, -0.1) is 23.2 Å². The van der Waals surface area contributed by atoms with Crippen molar-refractivity contribution >= 4 is 23.2 Å². The Kier molecular flexibility index (Phi) is 7.20. The van der Waals surface area contributed by atoms with Gasteiger partial charge in [0.1, 0.15) is 5.82 Å². The molecule has 0 amide bonds. The van der Waals surface area contributed by atoms with E-state index < -0.39 is 23.7 Å². The SMILES string of the molecule is ClC[C@H]1CO1.OC(CCl)Cc1ccc(F)c(C(F)(F)F)c1. The first kappa shape index (κ1) is 18.5. The number of benzene rings is 1. The molecule has 0 aliphatic carbocycles. The first-order valence-electron chi connectivity index (χ1n) is 6.05. The van der Waals surface area contributed by atoms with Gasteiger partial charge in [0.25, 0.3) is 0 Å². The molecule has 8 heteroatoms. The highest BCUT2D eigenvalue weighted by Crippen LogP contribution is 2.32. The second-order valence-electron chi connectivity index (χ2n) is 4.43. The molecular weight excluding hydrogens is 335 g/mol. The van der Waals surface area contributed by atoms with Crippen LogP contribution < -0.4 is 0 Å². The molecule has 1 aliphatic rings. The van der Waals surface area contributed by atoms with Crippen LogP contribution in [0.4, 0.5) is 17.6 Å². The summed E-state index contributed by atoms with van der Waals surface area (Å²) in [4.78, 5) is 0. The van der Waals surface area contributed by atoms with Crippen LogP contribution in [0, 0.1) is 5.82 Å². The van der Waals surface area contributed by atoms with Crippen molar-refractivity contribution < 1.29 is 27.4 Å². The van der Waals surface area contributed by atoms with E-state index in [4.69, 9.17) is 33.0 Å². The Hall–Kier alpha value is -0.560. The number of alkyl halides is 5. The van der Waals surface area contributed by atoms with Gasteiger partial charge in [-0.05, 0) is 24.1 Å². The van der Waals surface area contributed by atoms with Crippen molar-refractivity contribution in [3.05, 3.63) is 35.1 Å². The van der Waals surface area contributed by atoms with Crippen LogP contribution in [-0.4, -0.2) is 35.7 Å². The maximum absolute atomic E-state index is 12.9. The summed E-state index contributed by atoms with van der Waals surface area (Å²) in [5, 5.41) is 9.17. The van der Waals surface area contributed by atoms with Gasteiger partial charge in [0.2, 0.25) is 0 Å². The largest absolute Gasteiger partial charge is 0.419 e. The van der Waals surface area contributed by atoms with Crippen LogP contribution in [0.2, 0.25) is 0 Å². The summed E-state index contributed by atoms with van der Waals surface area (Å²) in [7, 11) is 0. The molecule has 1 N–H and O–H groups in total. The lowest BCUT2D eigenvalue weighted by Gasteiger charge is -2.11. The third-order valence-electron chi connectivity index (χ3n) is 2.56. The maximum Gasteiger partial charge on any atom is 0.419 e. The number of rotatable bonds is 4. The summed E-state index contributed by atoms with van der Waals surface area (Å²) in [5.74, 6) is -0.741. The number of hydrogen-bond acceptors (Lipinski definition) is 2. The molecule has 1 fully saturated rings. The van der Waals surface area contributed by atoms with Crippen molar-refractivity contribution in [2.24, 2.45) is 0 Å². The summed E-state index contributed by atoms with van der Waals surface area (Å²) >= 11 is 10.6. The smallest absolute Gasteiger partial charge is 0.392 e. The first-order valence-corrected chi connectivity index (χ1v) is 7.12. The molecule has 1 aromatic carbocycles. The van der Waals surface area contributed by atoms with Crippen LogP contribution in [0.5, 0.6) is 0 Å². The molecule has 1 unspecified atom stereocenters. The Morgan fingerprint density at radius 1 is 1.33 bits per heavy atom. The third kappa shape index (κ3) is 6.82. The summed E-state index contributed by atoms with van der Waals surface area (Å²) in [6.07, 6.45) is -5.30. The molecule has 2 rings (SSSR count). The minimum atomic E-state index is -4.73. The third-order valence-corrected chi connectivity index (χ3v) is 3.26. The van der Waals surface area contributed by atoms with Crippen molar-refractivity contribution in [1.29, 1.82) is 0 Å². The average Bonchev–Trinajstić information content (AvgIpc) is 3.24. The van der Waals surface area contributed by atoms with Crippen LogP contribution in [0.3, 0.4) is 0 Å². The van der Waals surface area contributed by atoms with Crippen molar-refractivity contribution in [2.75, 3.05) is 18.4 Å². The van der Waals surface area contributed by atoms with Gasteiger partial charge < -0.3 is 9.84 Å². The normalized spacial score (nSPS) is 18.7. The van der Waals surface area contributed by atoms with Crippen LogP contribution in [0.25, 0.3) is 0 Å². The molecule has 0 spiro atoms. The van der Waals surface area contributed by atoms with E-state index in [1.807, 2.05) is 0 Å². The number of halogens is 6. The van der Waals surface area contributed by atoms with Gasteiger partial charge in [-0.25, -0.2) is 4.39 Å². The molecule has 0 saturated carbocycles. The standard InChI is InChI=1S/C10H9ClF4O.C3H5ClO/c11-5-7(16)3-6-1-2-9(12)8(4-6)10(13,14)15;4-1-3-2-5-3/h1-2,4,7,16H,3,5H2;3H,1-2H2/t;3-/m.0/s1. The minimum Gasteiger partial charge on any atom is -0.392 e. The van der Waals surface area contributed by atoms with Crippen LogP contribution in [0.15, 0.2) is 18.2 Å². The van der Waals surface area contributed by atoms with Crippen molar-refractivity contribution in [3.63, 3.8) is 0 Å². The van der Waals surface area contributed by atoms with Gasteiger partial charge in [0.05, 0.1) is 30.3 Å². The van der Waals surface area contributed by atoms with E-state index in [1.54, 1.807) is 0 Å². The predicted octanol–water partition coefficient (Wildman–Crippen LogP) is 3.61. The Morgan fingerprint density at radius 3 is 2.33 bits per heavy atom. The van der Waals surface area contributed by atoms with E-state index in [2.05, 4.69) is 0 Å². The Labute approximate surface area is 129 Å². The number of hydrogen-bond donors (Lipinski definition) is 1. The summed E-state index contributed by atoms with van der Waals surface area (Å²) in [6.45, 7) is 0.878. The number of epoxide rings is 1. The molecule has 1 aliphatic heterocycles. The monoisotopic (exact) mass is 348 g/mol. The molecule has 2 nitrogen and oxygen atoms in total. The Morgan fingerprint density at radius 2 is 1.95 bits per heavy atom. The average molecular weight is 349 g/mol. The number of aliphatic hydroxyl groups is 1. The molecule has 1 heterocycles. The number of ether oxygens (including phenoxy) is 1. The Balaban J connectivity index is 0.000000369. The van der Waals surface area contributed by atoms with E-state index in [0.717, 1.165) is 12.7 Å². The highest BCUT2D eigenvalue weighted by Gasteiger charge is 2.34. The Bertz CT molecular complexity index is 450. The molecular formula is C13H14Cl2F4O2. The molecule has 0 bridgehead atoms. The van der Waals surface area contributed by atoms with Gasteiger partial charge in [-0.2, -0.15) is 13.2 Å². The van der Waals surface area contributed by atoms with Crippen molar-refractivity contribution in [1.82, 2.24) is 0 Å². The van der Waals surface area contributed by atoms with Crippen LogP contribution >= 0.6 is 23.2 Å². The van der Waals surface area contributed by atoms with E-state index in [-0.39, 0.29) is 17.9 Å². The lowest BCUT2D eigenvalue weighted by atomic mass is 10.0. The topological polar surface area (TPSA) is 32.8 Å². The van der Waals surface area contributed by atoms with Gasteiger partial charge in [0, 0.05) is 5.88 Å². The zero-order chi connectivity index (χ0) is 16.0. The maximum atomic E-state index is 12.9. The van der Waals surface area contributed by atoms with E-state index in [9.17, 15) is 17.6 Å². The second-order valence-corrected chi connectivity index (χ2v) is 5.05. The van der Waals surface area contributed by atoms with E-state index in [0.29, 0.717) is 18.1 Å². The fraction of sp³-hybridized carbons (Fsp3) is 0.538. The fourth-order valence-corrected chi connectivity index (χ4v) is 1.69. The van der Waals surface area contributed by atoms with E-state index in [1.165, 1.54) is 6.07 Å². The molecule has 2 atom stereocenters. The second kappa shape index (κ2) is 8.17. The fourth-order valence-electron chi connectivity index (χ4n) is 1.40. The zero-order valence-corrected chi connectivity index (χ0v) is 12.4. The highest BCUT2D eigenvalue weighted by molar-refractivity contribution is 6.18. The summed E-state index contributed by atoms with van der Waals surface area (Å²) in [5.41, 5.74) is -1.13. The highest BCUT2D eigenvalue weighted by atomic mass is 35.5. The van der Waals surface area contributed by atoms with Crippen molar-refractivity contribution in [3.8, 4) is 0 Å². The quantitative estimate of drug-likeness (QED) is 0.512. The molecule has 21 heavy (non-hydrogen) atoms.